The topological polar surface area (TPSA) is 65.4 Å². The molecule has 1 saturated carbocycles. The van der Waals surface area contributed by atoms with E-state index >= 15 is 0 Å². The summed E-state index contributed by atoms with van der Waals surface area (Å²) in [5.74, 6) is 2.91. The number of hydrogen-bond donors (Lipinski definition) is 1. The molecular weight excluding hydrogens is 360 g/mol. The number of fused-ring (bicyclic) bond motifs is 1. The minimum Gasteiger partial charge on any atom is -0.489 e. The summed E-state index contributed by atoms with van der Waals surface area (Å²) >= 11 is 0. The maximum atomic E-state index is 6.25. The van der Waals surface area contributed by atoms with Crippen molar-refractivity contribution in [2.24, 2.45) is 0 Å². The monoisotopic (exact) mass is 384 g/mol. The van der Waals surface area contributed by atoms with Crippen LogP contribution in [0.5, 0.6) is 5.75 Å². The van der Waals surface area contributed by atoms with E-state index in [4.69, 9.17) is 15.5 Å². The Labute approximate surface area is 170 Å². The number of hydrogen-bond acceptors (Lipinski definition) is 4. The van der Waals surface area contributed by atoms with Gasteiger partial charge in [-0.25, -0.2) is 9.97 Å². The molecule has 29 heavy (non-hydrogen) atoms. The minimum atomic E-state index is 0.499. The first kappa shape index (κ1) is 17.7. The smallest absolute Gasteiger partial charge is 0.150 e. The fourth-order valence-electron chi connectivity index (χ4n) is 3.83. The normalized spacial score (nSPS) is 14.1. The molecule has 0 unspecified atom stereocenters. The Bertz CT molecular complexity index is 1160. The van der Waals surface area contributed by atoms with Gasteiger partial charge in [0.15, 0.2) is 0 Å². The van der Waals surface area contributed by atoms with Crippen molar-refractivity contribution in [3.05, 3.63) is 77.9 Å². The Hall–Kier alpha value is -3.34. The molecule has 0 amide bonds. The molecule has 0 saturated heterocycles. The maximum Gasteiger partial charge on any atom is 0.150 e. The molecule has 1 aliphatic carbocycles. The standard InChI is InChI=1S/C24H24N4O/c1-16-8-10-17(11-9-16)15-29-20-7-3-6-19(14-20)21-22-23(25)26-12-13-28(22)24(27-21)18-4-2-5-18/h3,6-14,18H,2,4-5,15H2,1H3,(H2,25,26). The largest absolute Gasteiger partial charge is 0.489 e. The summed E-state index contributed by atoms with van der Waals surface area (Å²) in [4.78, 5) is 9.30. The van der Waals surface area contributed by atoms with E-state index in [0.717, 1.165) is 33.9 Å². The molecule has 146 valence electrons. The Morgan fingerprint density at radius 2 is 1.97 bits per heavy atom. The number of nitrogens with two attached hydrogens (primary N) is 1. The van der Waals surface area contributed by atoms with Gasteiger partial charge in [-0.15, -0.1) is 0 Å². The summed E-state index contributed by atoms with van der Waals surface area (Å²) in [5, 5.41) is 0. The number of benzene rings is 2. The van der Waals surface area contributed by atoms with Crippen LogP contribution in [0.2, 0.25) is 0 Å². The molecule has 0 aliphatic heterocycles. The summed E-state index contributed by atoms with van der Waals surface area (Å²) in [7, 11) is 0. The van der Waals surface area contributed by atoms with Gasteiger partial charge in [0.2, 0.25) is 0 Å². The molecule has 1 aliphatic rings. The SMILES string of the molecule is Cc1ccc(COc2cccc(-c3nc(C4CCC4)n4ccnc(N)c34)c2)cc1. The highest BCUT2D eigenvalue weighted by atomic mass is 16.5. The summed E-state index contributed by atoms with van der Waals surface area (Å²) in [6, 6.07) is 16.5. The molecule has 2 aromatic heterocycles. The molecule has 2 N–H and O–H groups in total. The van der Waals surface area contributed by atoms with E-state index in [1.54, 1.807) is 6.20 Å². The maximum absolute atomic E-state index is 6.25. The third-order valence-corrected chi connectivity index (χ3v) is 5.71. The van der Waals surface area contributed by atoms with Crippen LogP contribution >= 0.6 is 0 Å². The van der Waals surface area contributed by atoms with Crippen LogP contribution in [0.1, 0.15) is 42.1 Å². The zero-order valence-electron chi connectivity index (χ0n) is 16.5. The van der Waals surface area contributed by atoms with Crippen LogP contribution in [0.3, 0.4) is 0 Å². The van der Waals surface area contributed by atoms with Crippen LogP contribution in [0, 0.1) is 6.92 Å². The zero-order chi connectivity index (χ0) is 19.8. The van der Waals surface area contributed by atoms with Gasteiger partial charge < -0.3 is 10.5 Å². The molecule has 4 aromatic rings. The van der Waals surface area contributed by atoms with Gasteiger partial charge in [0, 0.05) is 23.9 Å². The summed E-state index contributed by atoms with van der Waals surface area (Å²) < 4.78 is 8.15. The van der Waals surface area contributed by atoms with Crippen LogP contribution in [0.4, 0.5) is 5.82 Å². The lowest BCUT2D eigenvalue weighted by molar-refractivity contribution is 0.306. The fourth-order valence-corrected chi connectivity index (χ4v) is 3.83. The Morgan fingerprint density at radius 3 is 2.72 bits per heavy atom. The first-order valence-corrected chi connectivity index (χ1v) is 10.1. The zero-order valence-corrected chi connectivity index (χ0v) is 16.5. The molecule has 2 heterocycles. The molecule has 5 nitrogen and oxygen atoms in total. The lowest BCUT2D eigenvalue weighted by Crippen LogP contribution is -2.12. The number of aryl methyl sites for hydroxylation is 1. The van der Waals surface area contributed by atoms with Crippen molar-refractivity contribution in [3.8, 4) is 17.0 Å². The number of nitrogens with zero attached hydrogens (tertiary/aromatic N) is 3. The van der Waals surface area contributed by atoms with E-state index in [1.807, 2.05) is 24.4 Å². The fraction of sp³-hybridized carbons (Fsp3) is 0.250. The van der Waals surface area contributed by atoms with E-state index in [-0.39, 0.29) is 0 Å². The van der Waals surface area contributed by atoms with Gasteiger partial charge in [-0.05, 0) is 37.5 Å². The van der Waals surface area contributed by atoms with Crippen LogP contribution in [-0.2, 0) is 6.61 Å². The predicted octanol–water partition coefficient (Wildman–Crippen LogP) is 5.13. The molecule has 0 atom stereocenters. The van der Waals surface area contributed by atoms with Crippen molar-refractivity contribution >= 4 is 11.3 Å². The van der Waals surface area contributed by atoms with Gasteiger partial charge in [-0.1, -0.05) is 48.4 Å². The van der Waals surface area contributed by atoms with Gasteiger partial charge in [0.1, 0.15) is 35.2 Å². The lowest BCUT2D eigenvalue weighted by atomic mass is 9.85. The predicted molar refractivity (Wildman–Crippen MR) is 115 cm³/mol. The highest BCUT2D eigenvalue weighted by Crippen LogP contribution is 2.39. The van der Waals surface area contributed by atoms with Crippen molar-refractivity contribution < 1.29 is 4.74 Å². The number of nitrogen functional groups attached to an aromatic ring is 1. The second-order valence-corrected chi connectivity index (χ2v) is 7.78. The van der Waals surface area contributed by atoms with Gasteiger partial charge in [0.05, 0.1) is 0 Å². The van der Waals surface area contributed by atoms with Crippen molar-refractivity contribution in [1.82, 2.24) is 14.4 Å². The van der Waals surface area contributed by atoms with E-state index in [1.165, 1.54) is 24.8 Å². The Balaban J connectivity index is 1.49. The van der Waals surface area contributed by atoms with E-state index in [2.05, 4.69) is 46.6 Å². The van der Waals surface area contributed by atoms with Crippen molar-refractivity contribution in [2.45, 2.75) is 38.7 Å². The first-order valence-electron chi connectivity index (χ1n) is 10.1. The molecule has 2 aromatic carbocycles. The van der Waals surface area contributed by atoms with Gasteiger partial charge >= 0.3 is 0 Å². The Kier molecular flexibility index (Phi) is 4.43. The minimum absolute atomic E-state index is 0.499. The third kappa shape index (κ3) is 3.33. The molecule has 0 spiro atoms. The number of imidazole rings is 1. The second-order valence-electron chi connectivity index (χ2n) is 7.78. The van der Waals surface area contributed by atoms with Crippen LogP contribution in [0.15, 0.2) is 60.9 Å². The van der Waals surface area contributed by atoms with Crippen LogP contribution in [-0.4, -0.2) is 14.4 Å². The number of ether oxygens (including phenoxy) is 1. The third-order valence-electron chi connectivity index (χ3n) is 5.71. The van der Waals surface area contributed by atoms with Crippen LogP contribution in [0.25, 0.3) is 16.8 Å². The summed E-state index contributed by atoms with van der Waals surface area (Å²) in [6.07, 6.45) is 7.34. The molecule has 0 bridgehead atoms. The quantitative estimate of drug-likeness (QED) is 0.518. The van der Waals surface area contributed by atoms with Gasteiger partial charge in [0.25, 0.3) is 0 Å². The van der Waals surface area contributed by atoms with Gasteiger partial charge in [-0.2, -0.15) is 0 Å². The number of anilines is 1. The molecular formula is C24H24N4O. The highest BCUT2D eigenvalue weighted by molar-refractivity contribution is 5.85. The molecule has 0 radical (unpaired) electrons. The van der Waals surface area contributed by atoms with E-state index in [0.29, 0.717) is 18.3 Å². The Morgan fingerprint density at radius 1 is 1.14 bits per heavy atom. The number of rotatable bonds is 5. The van der Waals surface area contributed by atoms with Crippen LogP contribution < -0.4 is 10.5 Å². The average molecular weight is 384 g/mol. The van der Waals surface area contributed by atoms with Crippen molar-refractivity contribution in [1.29, 1.82) is 0 Å². The number of aromatic nitrogens is 3. The average Bonchev–Trinajstić information content (AvgIpc) is 3.07. The molecule has 5 heteroatoms. The van der Waals surface area contributed by atoms with Crippen molar-refractivity contribution in [3.63, 3.8) is 0 Å². The summed E-state index contributed by atoms with van der Waals surface area (Å²) in [5.41, 5.74) is 11.4. The lowest BCUT2D eigenvalue weighted by Gasteiger charge is -2.23. The van der Waals surface area contributed by atoms with E-state index in [9.17, 15) is 0 Å². The molecule has 5 rings (SSSR count). The molecule has 1 fully saturated rings. The van der Waals surface area contributed by atoms with Crippen molar-refractivity contribution in [2.75, 3.05) is 5.73 Å². The van der Waals surface area contributed by atoms with Gasteiger partial charge in [-0.3, -0.25) is 4.40 Å². The first-order chi connectivity index (χ1) is 14.2. The highest BCUT2D eigenvalue weighted by Gasteiger charge is 2.26. The second kappa shape index (κ2) is 7.24. The van der Waals surface area contributed by atoms with E-state index < -0.39 is 0 Å². The summed E-state index contributed by atoms with van der Waals surface area (Å²) in [6.45, 7) is 2.62.